The van der Waals surface area contributed by atoms with Crippen molar-refractivity contribution in [3.05, 3.63) is 28.3 Å². The van der Waals surface area contributed by atoms with Gasteiger partial charge in [0, 0.05) is 24.9 Å². The molecule has 0 unspecified atom stereocenters. The average molecular weight is 359 g/mol. The lowest BCUT2D eigenvalue weighted by molar-refractivity contribution is -0.383. The van der Waals surface area contributed by atoms with Gasteiger partial charge in [-0.25, -0.2) is 0 Å². The molecule has 3 rings (SSSR count). The number of nitro benzene ring substituents is 1. The summed E-state index contributed by atoms with van der Waals surface area (Å²) in [5.74, 6) is 0.397. The van der Waals surface area contributed by atoms with Crippen molar-refractivity contribution in [1.29, 1.82) is 0 Å². The Morgan fingerprint density at radius 2 is 1.81 bits per heavy atom. The highest BCUT2D eigenvalue weighted by Gasteiger charge is 2.31. The summed E-state index contributed by atoms with van der Waals surface area (Å²) in [6, 6.07) is 4.75. The number of carbonyl (C=O) groups is 2. The van der Waals surface area contributed by atoms with Crippen molar-refractivity contribution < 1.29 is 14.5 Å². The van der Waals surface area contributed by atoms with Gasteiger partial charge in [-0.3, -0.25) is 24.6 Å². The molecule has 3 atom stereocenters. The van der Waals surface area contributed by atoms with Crippen LogP contribution in [0.25, 0.3) is 0 Å². The van der Waals surface area contributed by atoms with Crippen LogP contribution in [0, 0.1) is 22.0 Å². The molecule has 1 aliphatic heterocycles. The van der Waals surface area contributed by atoms with Crippen LogP contribution in [0.3, 0.4) is 0 Å². The maximum atomic E-state index is 12.1. The number of piperidine rings is 1. The zero-order chi connectivity index (χ0) is 18.8. The fourth-order valence-corrected chi connectivity index (χ4v) is 3.96. The third-order valence-corrected chi connectivity index (χ3v) is 5.76. The van der Waals surface area contributed by atoms with E-state index in [1.807, 2.05) is 0 Å². The van der Waals surface area contributed by atoms with Crippen LogP contribution >= 0.6 is 0 Å². The van der Waals surface area contributed by atoms with Gasteiger partial charge in [0.15, 0.2) is 0 Å². The zero-order valence-corrected chi connectivity index (χ0v) is 15.2. The van der Waals surface area contributed by atoms with Crippen molar-refractivity contribution >= 4 is 28.9 Å². The quantitative estimate of drug-likeness (QED) is 0.500. The lowest BCUT2D eigenvalue weighted by Gasteiger charge is -2.35. The Labute approximate surface area is 152 Å². The molecule has 140 valence electrons. The van der Waals surface area contributed by atoms with Gasteiger partial charge in [-0.05, 0) is 36.8 Å². The average Bonchev–Trinajstić information content (AvgIpc) is 2.59. The van der Waals surface area contributed by atoms with Crippen LogP contribution < -0.4 is 10.2 Å². The Morgan fingerprint density at radius 1 is 1.12 bits per heavy atom. The number of rotatable bonds is 4. The second kappa shape index (κ2) is 7.43. The topological polar surface area (TPSA) is 92.6 Å². The summed E-state index contributed by atoms with van der Waals surface area (Å²) in [5.41, 5.74) is 0.628. The summed E-state index contributed by atoms with van der Waals surface area (Å²) in [6.45, 7) is 4.39. The summed E-state index contributed by atoms with van der Waals surface area (Å²) >= 11 is 0. The van der Waals surface area contributed by atoms with E-state index in [0.717, 1.165) is 17.7 Å². The molecular formula is C19H25N3O4. The minimum Gasteiger partial charge on any atom is -0.376 e. The molecule has 26 heavy (non-hydrogen) atoms. The number of imide groups is 1. The van der Waals surface area contributed by atoms with Gasteiger partial charge in [-0.2, -0.15) is 0 Å². The van der Waals surface area contributed by atoms with Gasteiger partial charge in [-0.15, -0.1) is 0 Å². The summed E-state index contributed by atoms with van der Waals surface area (Å²) in [5, 5.41) is 14.9. The van der Waals surface area contributed by atoms with E-state index < -0.39 is 4.92 Å². The van der Waals surface area contributed by atoms with Gasteiger partial charge in [0.1, 0.15) is 5.69 Å². The number of nitro groups is 1. The standard InChI is InChI=1S/C19H25N3O4/c1-12-5-3-6-15(13(12)2)20-16-10-9-14(11-17(16)22(25)26)21-18(23)7-4-8-19(21)24/h9-13,15,20H,3-8H2,1-2H3/t12-,13-,15-/m1/s1. The van der Waals surface area contributed by atoms with Crippen LogP contribution in [-0.2, 0) is 9.59 Å². The second-order valence-electron chi connectivity index (χ2n) is 7.45. The second-order valence-corrected chi connectivity index (χ2v) is 7.45. The number of hydrogen-bond donors (Lipinski definition) is 1. The number of amides is 2. The van der Waals surface area contributed by atoms with Gasteiger partial charge in [0.25, 0.3) is 5.69 Å². The van der Waals surface area contributed by atoms with E-state index in [4.69, 9.17) is 0 Å². The normalized spacial score (nSPS) is 26.7. The zero-order valence-electron chi connectivity index (χ0n) is 15.2. The molecule has 2 fully saturated rings. The first-order valence-corrected chi connectivity index (χ1v) is 9.29. The van der Waals surface area contributed by atoms with E-state index >= 15 is 0 Å². The predicted octanol–water partition coefficient (Wildman–Crippen LogP) is 3.87. The summed E-state index contributed by atoms with van der Waals surface area (Å²) in [4.78, 5) is 36.4. The van der Waals surface area contributed by atoms with Crippen LogP contribution in [0.2, 0.25) is 0 Å². The SMILES string of the molecule is C[C@@H]1[C@H](C)CCC[C@H]1Nc1ccc(N2C(=O)CCCC2=O)cc1[N+](=O)[O-]. The summed E-state index contributed by atoms with van der Waals surface area (Å²) in [6.07, 6.45) is 4.38. The highest BCUT2D eigenvalue weighted by atomic mass is 16.6. The van der Waals surface area contributed by atoms with Crippen molar-refractivity contribution in [3.63, 3.8) is 0 Å². The van der Waals surface area contributed by atoms with Crippen molar-refractivity contribution in [2.75, 3.05) is 10.2 Å². The number of anilines is 2. The van der Waals surface area contributed by atoms with Gasteiger partial charge in [0.05, 0.1) is 10.6 Å². The van der Waals surface area contributed by atoms with Gasteiger partial charge in [0.2, 0.25) is 11.8 Å². The third-order valence-electron chi connectivity index (χ3n) is 5.76. The van der Waals surface area contributed by atoms with Crippen molar-refractivity contribution in [3.8, 4) is 0 Å². The first-order chi connectivity index (χ1) is 12.4. The molecule has 7 nitrogen and oxygen atoms in total. The predicted molar refractivity (Wildman–Crippen MR) is 99.0 cm³/mol. The molecule has 1 N–H and O–H groups in total. The summed E-state index contributed by atoms with van der Waals surface area (Å²) in [7, 11) is 0. The molecule has 1 heterocycles. The number of hydrogen-bond acceptors (Lipinski definition) is 5. The molecule has 1 saturated carbocycles. The highest BCUT2D eigenvalue weighted by Crippen LogP contribution is 2.36. The molecule has 2 amide bonds. The van der Waals surface area contributed by atoms with E-state index in [1.54, 1.807) is 12.1 Å². The summed E-state index contributed by atoms with van der Waals surface area (Å²) < 4.78 is 0. The molecule has 1 aromatic rings. The van der Waals surface area contributed by atoms with Crippen LogP contribution in [0.1, 0.15) is 52.4 Å². The maximum Gasteiger partial charge on any atom is 0.294 e. The number of carbonyl (C=O) groups excluding carboxylic acids is 2. The molecule has 2 aliphatic rings. The van der Waals surface area contributed by atoms with E-state index in [2.05, 4.69) is 19.2 Å². The maximum absolute atomic E-state index is 12.1. The Kier molecular flexibility index (Phi) is 5.25. The molecule has 0 spiro atoms. The minimum atomic E-state index is -0.457. The lowest BCUT2D eigenvalue weighted by Crippen LogP contribution is -2.40. The van der Waals surface area contributed by atoms with E-state index in [9.17, 15) is 19.7 Å². The monoisotopic (exact) mass is 359 g/mol. The van der Waals surface area contributed by atoms with Crippen LogP contribution in [0.5, 0.6) is 0 Å². The van der Waals surface area contributed by atoms with Crippen LogP contribution in [0.4, 0.5) is 17.1 Å². The third kappa shape index (κ3) is 3.57. The molecule has 0 radical (unpaired) electrons. The largest absolute Gasteiger partial charge is 0.376 e. The molecule has 1 aliphatic carbocycles. The highest BCUT2D eigenvalue weighted by molar-refractivity contribution is 6.16. The fraction of sp³-hybridized carbons (Fsp3) is 0.579. The smallest absolute Gasteiger partial charge is 0.294 e. The Morgan fingerprint density at radius 3 is 2.46 bits per heavy atom. The molecule has 1 saturated heterocycles. The fourth-order valence-electron chi connectivity index (χ4n) is 3.96. The first kappa shape index (κ1) is 18.4. The molecule has 7 heteroatoms. The lowest BCUT2D eigenvalue weighted by atomic mass is 9.78. The van der Waals surface area contributed by atoms with E-state index in [1.165, 1.54) is 12.5 Å². The molecule has 0 bridgehead atoms. The van der Waals surface area contributed by atoms with Gasteiger partial charge < -0.3 is 5.32 Å². The Bertz CT molecular complexity index is 717. The molecule has 0 aromatic heterocycles. The molecule has 1 aromatic carbocycles. The Hall–Kier alpha value is -2.44. The number of benzene rings is 1. The van der Waals surface area contributed by atoms with Gasteiger partial charge in [-0.1, -0.05) is 26.7 Å². The van der Waals surface area contributed by atoms with Crippen molar-refractivity contribution in [1.82, 2.24) is 0 Å². The molecular weight excluding hydrogens is 334 g/mol. The van der Waals surface area contributed by atoms with Crippen LogP contribution in [-0.4, -0.2) is 22.8 Å². The van der Waals surface area contributed by atoms with Gasteiger partial charge >= 0.3 is 0 Å². The number of nitrogens with zero attached hydrogens (tertiary/aromatic N) is 2. The minimum absolute atomic E-state index is 0.0981. The van der Waals surface area contributed by atoms with E-state index in [0.29, 0.717) is 23.9 Å². The van der Waals surface area contributed by atoms with Crippen molar-refractivity contribution in [2.45, 2.75) is 58.4 Å². The number of nitrogens with one attached hydrogen (secondary N) is 1. The van der Waals surface area contributed by atoms with Crippen LogP contribution in [0.15, 0.2) is 18.2 Å². The first-order valence-electron chi connectivity index (χ1n) is 9.29. The Balaban J connectivity index is 1.89. The van der Waals surface area contributed by atoms with E-state index in [-0.39, 0.29) is 42.1 Å². The van der Waals surface area contributed by atoms with Crippen molar-refractivity contribution in [2.24, 2.45) is 11.8 Å².